The number of benzene rings is 2. The second kappa shape index (κ2) is 10.3. The Labute approximate surface area is 205 Å². The Hall–Kier alpha value is -3.64. The normalized spacial score (nSPS) is 11.3. The van der Waals surface area contributed by atoms with Crippen molar-refractivity contribution in [1.29, 1.82) is 0 Å². The Morgan fingerprint density at radius 3 is 2.69 bits per heavy atom. The van der Waals surface area contributed by atoms with Gasteiger partial charge in [0.1, 0.15) is 23.3 Å². The van der Waals surface area contributed by atoms with Gasteiger partial charge in [-0.2, -0.15) is 8.42 Å². The molecule has 0 unspecified atom stereocenters. The molecule has 0 aliphatic rings. The summed E-state index contributed by atoms with van der Waals surface area (Å²) in [4.78, 5) is 11.8. The fraction of sp³-hybridized carbons (Fsp3) is 0.130. The highest BCUT2D eigenvalue weighted by atomic mass is 35.5. The SMILES string of the molecule is CS(=O)(=O)O.OCCn1ccc2ncnc(Nc3ccc(Oc4cccc5[nH]ccc45)c(Cl)c3)c21. The van der Waals surface area contributed by atoms with Crippen LogP contribution < -0.4 is 10.1 Å². The lowest BCUT2D eigenvalue weighted by molar-refractivity contribution is 0.278. The molecule has 0 atom stereocenters. The number of halogens is 1. The van der Waals surface area contributed by atoms with Crippen LogP contribution in [0.3, 0.4) is 0 Å². The second-order valence-corrected chi connectivity index (χ2v) is 9.36. The third kappa shape index (κ3) is 6.08. The maximum Gasteiger partial charge on any atom is 0.261 e. The average Bonchev–Trinajstić information content (AvgIpc) is 3.43. The van der Waals surface area contributed by atoms with Crippen molar-refractivity contribution in [3.63, 3.8) is 0 Å². The summed E-state index contributed by atoms with van der Waals surface area (Å²) in [6.45, 7) is 0.494. The van der Waals surface area contributed by atoms with Crippen LogP contribution in [0.15, 0.2) is 67.3 Å². The van der Waals surface area contributed by atoms with Crippen molar-refractivity contribution in [1.82, 2.24) is 19.5 Å². The van der Waals surface area contributed by atoms with E-state index < -0.39 is 10.1 Å². The molecule has 0 saturated heterocycles. The summed E-state index contributed by atoms with van der Waals surface area (Å²) in [7, 11) is -3.67. The number of ether oxygens (including phenoxy) is 1. The molecule has 0 radical (unpaired) electrons. The van der Waals surface area contributed by atoms with Crippen LogP contribution in [0.5, 0.6) is 11.5 Å². The largest absolute Gasteiger partial charge is 0.455 e. The van der Waals surface area contributed by atoms with E-state index in [0.717, 1.165) is 33.4 Å². The van der Waals surface area contributed by atoms with E-state index in [4.69, 9.17) is 20.9 Å². The number of nitrogens with zero attached hydrogens (tertiary/aromatic N) is 3. The minimum absolute atomic E-state index is 0.0316. The van der Waals surface area contributed by atoms with Crippen molar-refractivity contribution in [2.24, 2.45) is 0 Å². The molecular formula is C23H22ClN5O5S. The number of H-pyrrole nitrogens is 1. The summed E-state index contributed by atoms with van der Waals surface area (Å²) in [6, 6.07) is 15.2. The molecule has 0 fully saturated rings. The minimum Gasteiger partial charge on any atom is -0.455 e. The van der Waals surface area contributed by atoms with Crippen molar-refractivity contribution in [3.05, 3.63) is 72.3 Å². The summed E-state index contributed by atoms with van der Waals surface area (Å²) in [5.74, 6) is 1.93. The average molecular weight is 516 g/mol. The third-order valence-corrected chi connectivity index (χ3v) is 5.16. The van der Waals surface area contributed by atoms with Crippen molar-refractivity contribution in [2.45, 2.75) is 6.54 Å². The van der Waals surface area contributed by atoms with Gasteiger partial charge in [-0.15, -0.1) is 0 Å². The van der Waals surface area contributed by atoms with Crippen molar-refractivity contribution in [2.75, 3.05) is 18.2 Å². The number of anilines is 2. The summed E-state index contributed by atoms with van der Waals surface area (Å²) in [5.41, 5.74) is 3.39. The van der Waals surface area contributed by atoms with Gasteiger partial charge in [-0.1, -0.05) is 17.7 Å². The topological polar surface area (TPSA) is 142 Å². The molecule has 3 heterocycles. The molecule has 10 nitrogen and oxygen atoms in total. The lowest BCUT2D eigenvalue weighted by atomic mass is 10.2. The fourth-order valence-electron chi connectivity index (χ4n) is 3.48. The molecule has 5 rings (SSSR count). The summed E-state index contributed by atoms with van der Waals surface area (Å²) in [6.07, 6.45) is 5.98. The van der Waals surface area contributed by atoms with Crippen LogP contribution in [-0.4, -0.2) is 50.5 Å². The molecule has 182 valence electrons. The maximum absolute atomic E-state index is 9.30. The summed E-state index contributed by atoms with van der Waals surface area (Å²) in [5, 5.41) is 14.1. The first-order valence-corrected chi connectivity index (χ1v) is 12.6. The molecule has 35 heavy (non-hydrogen) atoms. The molecule has 0 bridgehead atoms. The van der Waals surface area contributed by atoms with Gasteiger partial charge in [0.25, 0.3) is 10.1 Å². The quantitative estimate of drug-likeness (QED) is 0.240. The Morgan fingerprint density at radius 1 is 1.14 bits per heavy atom. The Bertz CT molecular complexity index is 1570. The first-order chi connectivity index (χ1) is 16.7. The third-order valence-electron chi connectivity index (χ3n) is 4.86. The van der Waals surface area contributed by atoms with E-state index >= 15 is 0 Å². The second-order valence-electron chi connectivity index (χ2n) is 7.49. The first-order valence-electron chi connectivity index (χ1n) is 10.4. The molecule has 5 aromatic rings. The van der Waals surface area contributed by atoms with Crippen molar-refractivity contribution < 1.29 is 22.8 Å². The van der Waals surface area contributed by atoms with E-state index in [0.29, 0.717) is 29.4 Å². The zero-order valence-electron chi connectivity index (χ0n) is 18.5. The smallest absolute Gasteiger partial charge is 0.261 e. The Balaban J connectivity index is 0.000000527. The number of nitrogens with one attached hydrogen (secondary N) is 2. The molecule has 4 N–H and O–H groups in total. The highest BCUT2D eigenvalue weighted by molar-refractivity contribution is 7.85. The van der Waals surface area contributed by atoms with Crippen LogP contribution >= 0.6 is 11.6 Å². The zero-order chi connectivity index (χ0) is 25.0. The van der Waals surface area contributed by atoms with Crippen LogP contribution in [0.2, 0.25) is 5.02 Å². The van der Waals surface area contributed by atoms with Gasteiger partial charge in [-0.25, -0.2) is 9.97 Å². The number of fused-ring (bicyclic) bond motifs is 2. The van der Waals surface area contributed by atoms with Crippen LogP contribution in [0, 0.1) is 0 Å². The van der Waals surface area contributed by atoms with Gasteiger partial charge in [0.2, 0.25) is 0 Å². The first kappa shape index (κ1) is 24.5. The highest BCUT2D eigenvalue weighted by Gasteiger charge is 2.12. The molecule has 0 aliphatic carbocycles. The lowest BCUT2D eigenvalue weighted by Gasteiger charge is -2.12. The van der Waals surface area contributed by atoms with Crippen LogP contribution in [0.25, 0.3) is 21.9 Å². The number of aromatic amines is 1. The predicted molar refractivity (Wildman–Crippen MR) is 135 cm³/mol. The number of aromatic nitrogens is 4. The molecular weight excluding hydrogens is 494 g/mol. The monoisotopic (exact) mass is 515 g/mol. The number of aliphatic hydroxyl groups is 1. The van der Waals surface area contributed by atoms with Gasteiger partial charge in [0, 0.05) is 35.5 Å². The van der Waals surface area contributed by atoms with Crippen LogP contribution in [-0.2, 0) is 16.7 Å². The van der Waals surface area contributed by atoms with Gasteiger partial charge in [0.05, 0.1) is 23.4 Å². The predicted octanol–water partition coefficient (Wildman–Crippen LogP) is 4.60. The Morgan fingerprint density at radius 2 is 1.94 bits per heavy atom. The Kier molecular flexibility index (Phi) is 7.22. The molecule has 0 saturated carbocycles. The summed E-state index contributed by atoms with van der Waals surface area (Å²) < 4.78 is 33.8. The number of hydrogen-bond acceptors (Lipinski definition) is 7. The van der Waals surface area contributed by atoms with E-state index in [9.17, 15) is 13.5 Å². The van der Waals surface area contributed by atoms with Crippen molar-refractivity contribution >= 4 is 55.2 Å². The fourth-order valence-corrected chi connectivity index (χ4v) is 3.70. The van der Waals surface area contributed by atoms with Gasteiger partial charge >= 0.3 is 0 Å². The van der Waals surface area contributed by atoms with Gasteiger partial charge in [-0.3, -0.25) is 4.55 Å². The molecule has 3 aromatic heterocycles. The van der Waals surface area contributed by atoms with Crippen LogP contribution in [0.1, 0.15) is 0 Å². The number of hydrogen-bond donors (Lipinski definition) is 4. The maximum atomic E-state index is 9.30. The number of aliphatic hydroxyl groups excluding tert-OH is 1. The van der Waals surface area contributed by atoms with E-state index in [2.05, 4.69) is 20.3 Å². The van der Waals surface area contributed by atoms with E-state index in [1.807, 2.05) is 59.4 Å². The van der Waals surface area contributed by atoms with E-state index in [1.165, 1.54) is 6.33 Å². The molecule has 0 aliphatic heterocycles. The van der Waals surface area contributed by atoms with Crippen molar-refractivity contribution in [3.8, 4) is 11.5 Å². The van der Waals surface area contributed by atoms with Gasteiger partial charge in [-0.05, 0) is 42.5 Å². The minimum atomic E-state index is -3.67. The van der Waals surface area contributed by atoms with Crippen LogP contribution in [0.4, 0.5) is 11.5 Å². The highest BCUT2D eigenvalue weighted by Crippen LogP contribution is 2.35. The number of rotatable bonds is 6. The standard InChI is InChI=1S/C22H18ClN5O2.CH4O3S/c23-16-12-14(27-22-21-18(25-13-26-22)7-9-28(21)10-11-29)4-5-20(16)30-19-3-1-2-17-15(19)6-8-24-17;1-5(2,3)4/h1-9,12-13,24,29H,10-11H2,(H,25,26,27);1H3,(H,2,3,4). The molecule has 0 amide bonds. The van der Waals surface area contributed by atoms with E-state index in [1.54, 1.807) is 6.07 Å². The molecule has 2 aromatic carbocycles. The van der Waals surface area contributed by atoms with Gasteiger partial charge in [0.15, 0.2) is 5.82 Å². The molecule has 12 heteroatoms. The molecule has 0 spiro atoms. The zero-order valence-corrected chi connectivity index (χ0v) is 20.1. The summed E-state index contributed by atoms with van der Waals surface area (Å²) >= 11 is 6.50. The van der Waals surface area contributed by atoms with E-state index in [-0.39, 0.29) is 6.61 Å². The van der Waals surface area contributed by atoms with Gasteiger partial charge < -0.3 is 24.7 Å². The lowest BCUT2D eigenvalue weighted by Crippen LogP contribution is -2.04.